The van der Waals surface area contributed by atoms with Crippen LogP contribution in [0, 0.1) is 0 Å². The number of fused-ring (bicyclic) bond motifs is 4. The molecule has 0 spiro atoms. The summed E-state index contributed by atoms with van der Waals surface area (Å²) in [5.41, 5.74) is 2.27. The van der Waals surface area contributed by atoms with Crippen molar-refractivity contribution in [1.29, 1.82) is 0 Å². The Morgan fingerprint density at radius 2 is 0.806 bits per heavy atom. The summed E-state index contributed by atoms with van der Waals surface area (Å²) in [5.74, 6) is -2.30. The van der Waals surface area contributed by atoms with Crippen molar-refractivity contribution in [1.82, 2.24) is 0 Å². The van der Waals surface area contributed by atoms with Crippen molar-refractivity contribution in [3.05, 3.63) is 129 Å². The van der Waals surface area contributed by atoms with Gasteiger partial charge in [-0.05, 0) is 35.4 Å². The molecule has 0 atom stereocenters. The van der Waals surface area contributed by atoms with Crippen LogP contribution in [-0.4, -0.2) is 23.9 Å². The molecule has 0 N–H and O–H groups in total. The van der Waals surface area contributed by atoms with Gasteiger partial charge in [-0.1, -0.05) is 60.7 Å². The molecule has 0 fully saturated rings. The molecule has 3 heterocycles. The Morgan fingerprint density at radius 1 is 0.444 bits per heavy atom. The minimum Gasteiger partial charge on any atom is -0.457 e. The molecule has 3 aliphatic rings. The fraction of sp³-hybridized carbons (Fsp3) is 0.0345. The van der Waals surface area contributed by atoms with Crippen LogP contribution >= 0.6 is 0 Å². The van der Waals surface area contributed by atoms with E-state index in [1.165, 1.54) is 12.1 Å². The number of rotatable bonds is 2. The number of esters is 4. The lowest BCUT2D eigenvalue weighted by atomic mass is 9.63. The van der Waals surface area contributed by atoms with Gasteiger partial charge in [0.1, 0.15) is 11.5 Å². The predicted octanol–water partition coefficient (Wildman–Crippen LogP) is 4.80. The Morgan fingerprint density at radius 3 is 1.19 bits per heavy atom. The summed E-state index contributed by atoms with van der Waals surface area (Å²) < 4.78 is 16.0. The second kappa shape index (κ2) is 6.99. The number of hydrogen-bond acceptors (Lipinski definition) is 7. The molecular formula is C29H14O7. The molecule has 0 bridgehead atoms. The lowest BCUT2D eigenvalue weighted by Crippen LogP contribution is -2.35. The maximum Gasteiger partial charge on any atom is 0.347 e. The summed E-state index contributed by atoms with van der Waals surface area (Å²) in [7, 11) is 0. The standard InChI is InChI=1S/C29H14O7/c30-25-17-11-21-23(13-19(17)27(32)35-25)34-24-14-20-18(26(31)36-28(20)33)12-22(24)29(21,15-7-3-1-4-8-15)16-9-5-2-6-10-16/h1-14H. The van der Waals surface area contributed by atoms with Crippen LogP contribution in [0.5, 0.6) is 11.5 Å². The SMILES string of the molecule is O=C1OC(=O)c2cc3c(cc21)Oc1cc2c(cc1C3(c1ccccc1)c1ccccc1)C(=O)OC2=O. The Labute approximate surface area is 203 Å². The number of carbonyl (C=O) groups is 4. The first kappa shape index (κ1) is 20.3. The zero-order valence-electron chi connectivity index (χ0n) is 18.4. The van der Waals surface area contributed by atoms with Crippen LogP contribution in [-0.2, 0) is 14.9 Å². The van der Waals surface area contributed by atoms with E-state index in [9.17, 15) is 19.2 Å². The fourth-order valence-corrected chi connectivity index (χ4v) is 5.41. The molecule has 7 heteroatoms. The van der Waals surface area contributed by atoms with Crippen molar-refractivity contribution in [3.63, 3.8) is 0 Å². The molecule has 7 rings (SSSR count). The monoisotopic (exact) mass is 474 g/mol. The quantitative estimate of drug-likeness (QED) is 0.268. The van der Waals surface area contributed by atoms with E-state index in [4.69, 9.17) is 14.2 Å². The van der Waals surface area contributed by atoms with E-state index in [-0.39, 0.29) is 22.3 Å². The van der Waals surface area contributed by atoms with Crippen LogP contribution in [0.15, 0.2) is 84.9 Å². The molecule has 0 saturated carbocycles. The Kier molecular flexibility index (Phi) is 3.95. The van der Waals surface area contributed by atoms with Crippen LogP contribution in [0.3, 0.4) is 0 Å². The minimum atomic E-state index is -1.06. The maximum atomic E-state index is 12.5. The molecule has 0 amide bonds. The van der Waals surface area contributed by atoms with Crippen molar-refractivity contribution < 1.29 is 33.4 Å². The van der Waals surface area contributed by atoms with Gasteiger partial charge in [-0.15, -0.1) is 0 Å². The zero-order valence-corrected chi connectivity index (χ0v) is 18.4. The van der Waals surface area contributed by atoms with Crippen molar-refractivity contribution in [3.8, 4) is 11.5 Å². The number of carbonyl (C=O) groups excluding carboxylic acids is 4. The van der Waals surface area contributed by atoms with Gasteiger partial charge in [0, 0.05) is 11.1 Å². The number of hydrogen-bond donors (Lipinski definition) is 0. The highest BCUT2D eigenvalue weighted by atomic mass is 16.6. The van der Waals surface area contributed by atoms with Crippen LogP contribution in [0.2, 0.25) is 0 Å². The van der Waals surface area contributed by atoms with E-state index in [1.807, 2.05) is 60.7 Å². The topological polar surface area (TPSA) is 96.0 Å². The van der Waals surface area contributed by atoms with Crippen LogP contribution in [0.25, 0.3) is 0 Å². The Balaban J connectivity index is 1.66. The molecule has 36 heavy (non-hydrogen) atoms. The molecule has 4 aromatic carbocycles. The summed E-state index contributed by atoms with van der Waals surface area (Å²) in [6, 6.07) is 25.4. The van der Waals surface area contributed by atoms with Gasteiger partial charge in [-0.2, -0.15) is 0 Å². The molecule has 172 valence electrons. The number of ether oxygens (including phenoxy) is 3. The summed E-state index contributed by atoms with van der Waals surface area (Å²) in [4.78, 5) is 49.8. The molecule has 4 aromatic rings. The Hall–Kier alpha value is -5.04. The molecule has 3 aliphatic heterocycles. The van der Waals surface area contributed by atoms with Gasteiger partial charge in [-0.25, -0.2) is 19.2 Å². The van der Waals surface area contributed by atoms with Gasteiger partial charge >= 0.3 is 23.9 Å². The summed E-state index contributed by atoms with van der Waals surface area (Å²) in [6.07, 6.45) is 0. The first-order chi connectivity index (χ1) is 17.5. The highest BCUT2D eigenvalue weighted by Gasteiger charge is 2.49. The van der Waals surface area contributed by atoms with Gasteiger partial charge < -0.3 is 14.2 Å². The first-order valence-corrected chi connectivity index (χ1v) is 11.2. The predicted molar refractivity (Wildman–Crippen MR) is 124 cm³/mol. The van der Waals surface area contributed by atoms with E-state index in [2.05, 4.69) is 0 Å². The normalized spacial score (nSPS) is 16.3. The average Bonchev–Trinajstić information content (AvgIpc) is 3.34. The number of benzene rings is 4. The van der Waals surface area contributed by atoms with Gasteiger partial charge in [0.05, 0.1) is 27.7 Å². The summed E-state index contributed by atoms with van der Waals surface area (Å²) >= 11 is 0. The molecule has 0 saturated heterocycles. The molecule has 7 nitrogen and oxygen atoms in total. The van der Waals surface area contributed by atoms with Crippen LogP contribution in [0.1, 0.15) is 63.7 Å². The van der Waals surface area contributed by atoms with Gasteiger partial charge in [-0.3, -0.25) is 0 Å². The zero-order chi connectivity index (χ0) is 24.6. The molecule has 0 radical (unpaired) electrons. The van der Waals surface area contributed by atoms with E-state index in [0.29, 0.717) is 22.6 Å². The molecular weight excluding hydrogens is 460 g/mol. The number of cyclic esters (lactones) is 4. The van der Waals surface area contributed by atoms with Crippen LogP contribution in [0.4, 0.5) is 0 Å². The third-order valence-corrected chi connectivity index (χ3v) is 6.93. The third kappa shape index (κ3) is 2.51. The molecule has 0 aliphatic carbocycles. The fourth-order valence-electron chi connectivity index (χ4n) is 5.41. The lowest BCUT2D eigenvalue weighted by molar-refractivity contribution is 0.0425. The largest absolute Gasteiger partial charge is 0.457 e. The van der Waals surface area contributed by atoms with Crippen molar-refractivity contribution in [2.45, 2.75) is 5.41 Å². The van der Waals surface area contributed by atoms with Crippen molar-refractivity contribution >= 4 is 23.9 Å². The second-order valence-electron chi connectivity index (χ2n) is 8.73. The minimum absolute atomic E-state index is 0.105. The maximum absolute atomic E-state index is 12.5. The average molecular weight is 474 g/mol. The van der Waals surface area contributed by atoms with Crippen LogP contribution < -0.4 is 4.74 Å². The van der Waals surface area contributed by atoms with Gasteiger partial charge in [0.15, 0.2) is 0 Å². The summed E-state index contributed by atoms with van der Waals surface area (Å²) in [5, 5.41) is 0. The van der Waals surface area contributed by atoms with Gasteiger partial charge in [0.25, 0.3) is 0 Å². The van der Waals surface area contributed by atoms with Crippen molar-refractivity contribution in [2.75, 3.05) is 0 Å². The smallest absolute Gasteiger partial charge is 0.347 e. The highest BCUT2D eigenvalue weighted by molar-refractivity contribution is 6.16. The van der Waals surface area contributed by atoms with E-state index in [0.717, 1.165) is 11.1 Å². The lowest BCUT2D eigenvalue weighted by Gasteiger charge is -2.41. The second-order valence-corrected chi connectivity index (χ2v) is 8.73. The molecule has 0 aromatic heterocycles. The van der Waals surface area contributed by atoms with E-state index < -0.39 is 29.3 Å². The van der Waals surface area contributed by atoms with E-state index >= 15 is 0 Å². The Bertz CT molecular complexity index is 1540. The van der Waals surface area contributed by atoms with E-state index in [1.54, 1.807) is 12.1 Å². The highest BCUT2D eigenvalue weighted by Crippen LogP contribution is 2.56. The van der Waals surface area contributed by atoms with Crippen molar-refractivity contribution in [2.24, 2.45) is 0 Å². The first-order valence-electron chi connectivity index (χ1n) is 11.2. The third-order valence-electron chi connectivity index (χ3n) is 6.93. The molecule has 0 unspecified atom stereocenters. The summed E-state index contributed by atoms with van der Waals surface area (Å²) in [6.45, 7) is 0. The van der Waals surface area contributed by atoms with Gasteiger partial charge in [0.2, 0.25) is 0 Å².